The Kier molecular flexibility index (Phi) is 5.07. The number of benzene rings is 2. The molecule has 1 N–H and O–H groups in total. The largest absolute Gasteiger partial charge is 0.465 e. The molecule has 3 heterocycles. The van der Waals surface area contributed by atoms with Gasteiger partial charge in [-0.2, -0.15) is 4.68 Å². The minimum absolute atomic E-state index is 0.236. The van der Waals surface area contributed by atoms with E-state index in [4.69, 9.17) is 4.42 Å². The molecule has 9 heteroatoms. The number of fused-ring (bicyclic) bond motifs is 1. The molecule has 0 radical (unpaired) electrons. The summed E-state index contributed by atoms with van der Waals surface area (Å²) in [6.45, 7) is 0.288. The summed E-state index contributed by atoms with van der Waals surface area (Å²) >= 11 is 1.54. The first-order valence-corrected chi connectivity index (χ1v) is 10.3. The van der Waals surface area contributed by atoms with Crippen LogP contribution in [0.2, 0.25) is 0 Å². The molecule has 3 aromatic heterocycles. The number of aromatic nitrogens is 5. The van der Waals surface area contributed by atoms with Crippen molar-refractivity contribution in [3.63, 3.8) is 0 Å². The van der Waals surface area contributed by atoms with Gasteiger partial charge >= 0.3 is 0 Å². The number of amides is 1. The minimum atomic E-state index is -0.347. The van der Waals surface area contributed by atoms with Crippen LogP contribution in [0, 0.1) is 0 Å². The standard InChI is InChI=1S/C22H16N6O2S/c29-22(23-14-20-24-17-10-4-5-11-19(17)31-20)18(13-16-9-6-12-30-16)28-21(25-26-27-28)15-7-2-1-3-8-15/h1-13H,14H2,(H,23,29)/b18-13+. The van der Waals surface area contributed by atoms with Gasteiger partial charge in [-0.15, -0.1) is 16.4 Å². The molecule has 0 bridgehead atoms. The van der Waals surface area contributed by atoms with E-state index in [0.717, 1.165) is 20.8 Å². The number of nitrogens with zero attached hydrogens (tertiary/aromatic N) is 5. The molecule has 0 unspecified atom stereocenters. The van der Waals surface area contributed by atoms with Gasteiger partial charge in [-0.1, -0.05) is 42.5 Å². The first-order chi connectivity index (χ1) is 15.3. The van der Waals surface area contributed by atoms with Crippen LogP contribution in [-0.2, 0) is 11.3 Å². The lowest BCUT2D eigenvalue weighted by Crippen LogP contribution is -2.27. The SMILES string of the molecule is O=C(NCc1nc2ccccc2s1)/C(=C\c1ccco1)n1nnnc1-c1ccccc1. The molecule has 0 atom stereocenters. The van der Waals surface area contributed by atoms with Gasteiger partial charge in [0, 0.05) is 11.6 Å². The number of para-hydroxylation sites is 1. The van der Waals surface area contributed by atoms with Crippen molar-refractivity contribution in [3.05, 3.63) is 83.8 Å². The summed E-state index contributed by atoms with van der Waals surface area (Å²) in [7, 11) is 0. The van der Waals surface area contributed by atoms with E-state index in [1.807, 2.05) is 54.6 Å². The van der Waals surface area contributed by atoms with E-state index in [2.05, 4.69) is 25.8 Å². The number of tetrazole rings is 1. The molecule has 8 nitrogen and oxygen atoms in total. The molecule has 0 aliphatic rings. The first-order valence-electron chi connectivity index (χ1n) is 9.50. The Labute approximate surface area is 180 Å². The lowest BCUT2D eigenvalue weighted by molar-refractivity contribution is -0.116. The number of thiazole rings is 1. The van der Waals surface area contributed by atoms with Crippen LogP contribution in [0.3, 0.4) is 0 Å². The maximum absolute atomic E-state index is 13.2. The van der Waals surface area contributed by atoms with E-state index >= 15 is 0 Å². The van der Waals surface area contributed by atoms with Gasteiger partial charge in [0.1, 0.15) is 16.5 Å². The highest BCUT2D eigenvalue weighted by Gasteiger charge is 2.20. The molecule has 1 amide bonds. The van der Waals surface area contributed by atoms with Crippen molar-refractivity contribution < 1.29 is 9.21 Å². The quantitative estimate of drug-likeness (QED) is 0.413. The minimum Gasteiger partial charge on any atom is -0.465 e. The lowest BCUT2D eigenvalue weighted by Gasteiger charge is -2.09. The van der Waals surface area contributed by atoms with Crippen molar-refractivity contribution in [3.8, 4) is 11.4 Å². The van der Waals surface area contributed by atoms with Crippen molar-refractivity contribution in [1.29, 1.82) is 0 Å². The second-order valence-electron chi connectivity index (χ2n) is 6.58. The van der Waals surface area contributed by atoms with Crippen molar-refractivity contribution in [1.82, 2.24) is 30.5 Å². The third-order valence-electron chi connectivity index (χ3n) is 4.52. The highest BCUT2D eigenvalue weighted by molar-refractivity contribution is 7.18. The predicted molar refractivity (Wildman–Crippen MR) is 118 cm³/mol. The molecule has 5 aromatic rings. The van der Waals surface area contributed by atoms with E-state index in [0.29, 0.717) is 11.6 Å². The summed E-state index contributed by atoms with van der Waals surface area (Å²) in [6, 6.07) is 20.8. The molecule has 0 spiro atoms. The second-order valence-corrected chi connectivity index (χ2v) is 7.70. The van der Waals surface area contributed by atoms with Crippen LogP contribution in [0.5, 0.6) is 0 Å². The van der Waals surface area contributed by atoms with Crippen LogP contribution in [0.4, 0.5) is 0 Å². The summed E-state index contributed by atoms with van der Waals surface area (Å²) in [5.41, 5.74) is 1.94. The van der Waals surface area contributed by atoms with Crippen LogP contribution in [0.25, 0.3) is 33.4 Å². The summed E-state index contributed by atoms with van der Waals surface area (Å²) in [5.74, 6) is 0.619. The van der Waals surface area contributed by atoms with Crippen LogP contribution >= 0.6 is 11.3 Å². The molecule has 0 fully saturated rings. The zero-order valence-corrected chi connectivity index (χ0v) is 17.0. The summed E-state index contributed by atoms with van der Waals surface area (Å²) in [5, 5.41) is 15.7. The lowest BCUT2D eigenvalue weighted by atomic mass is 10.2. The monoisotopic (exact) mass is 428 g/mol. The van der Waals surface area contributed by atoms with Gasteiger partial charge in [-0.3, -0.25) is 4.79 Å². The fourth-order valence-electron chi connectivity index (χ4n) is 3.09. The number of carbonyl (C=O) groups is 1. The number of nitrogens with one attached hydrogen (secondary N) is 1. The first kappa shape index (κ1) is 18.9. The van der Waals surface area contributed by atoms with E-state index in [-0.39, 0.29) is 18.1 Å². The van der Waals surface area contributed by atoms with Crippen LogP contribution in [0.15, 0.2) is 77.4 Å². The molecular formula is C22H16N6O2S. The Morgan fingerprint density at radius 2 is 1.90 bits per heavy atom. The smallest absolute Gasteiger partial charge is 0.270 e. The zero-order chi connectivity index (χ0) is 21.0. The van der Waals surface area contributed by atoms with Crippen molar-refractivity contribution in [2.24, 2.45) is 0 Å². The number of hydrogen-bond acceptors (Lipinski definition) is 7. The van der Waals surface area contributed by atoms with E-state index in [9.17, 15) is 4.79 Å². The summed E-state index contributed by atoms with van der Waals surface area (Å²) in [6.07, 6.45) is 3.15. The maximum atomic E-state index is 13.2. The van der Waals surface area contributed by atoms with Gasteiger partial charge in [-0.05, 0) is 34.7 Å². The fourth-order valence-corrected chi connectivity index (χ4v) is 4.00. The Balaban J connectivity index is 1.46. The van der Waals surface area contributed by atoms with Gasteiger partial charge in [0.05, 0.1) is 23.0 Å². The van der Waals surface area contributed by atoms with Crippen molar-refractivity contribution in [2.75, 3.05) is 0 Å². The summed E-state index contributed by atoms with van der Waals surface area (Å²) < 4.78 is 7.89. The van der Waals surface area contributed by atoms with Gasteiger partial charge < -0.3 is 9.73 Å². The Morgan fingerprint density at radius 3 is 2.71 bits per heavy atom. The van der Waals surface area contributed by atoms with Crippen LogP contribution in [-0.4, -0.2) is 31.1 Å². The van der Waals surface area contributed by atoms with Gasteiger partial charge in [0.15, 0.2) is 5.82 Å². The third kappa shape index (κ3) is 3.99. The Hall–Kier alpha value is -4.11. The summed E-state index contributed by atoms with van der Waals surface area (Å²) in [4.78, 5) is 17.7. The number of hydrogen-bond donors (Lipinski definition) is 1. The molecule has 2 aromatic carbocycles. The predicted octanol–water partition coefficient (Wildman–Crippen LogP) is 3.86. The normalized spacial score (nSPS) is 11.7. The second kappa shape index (κ2) is 8.33. The molecule has 0 saturated carbocycles. The maximum Gasteiger partial charge on any atom is 0.270 e. The average molecular weight is 428 g/mol. The third-order valence-corrected chi connectivity index (χ3v) is 5.56. The van der Waals surface area contributed by atoms with E-state index in [1.165, 1.54) is 4.68 Å². The van der Waals surface area contributed by atoms with Crippen LogP contribution < -0.4 is 5.32 Å². The van der Waals surface area contributed by atoms with Crippen LogP contribution in [0.1, 0.15) is 10.8 Å². The molecule has 0 aliphatic carbocycles. The van der Waals surface area contributed by atoms with E-state index < -0.39 is 0 Å². The van der Waals surface area contributed by atoms with Crippen molar-refractivity contribution >= 4 is 39.2 Å². The van der Waals surface area contributed by atoms with Gasteiger partial charge in [0.25, 0.3) is 5.91 Å². The Bertz CT molecular complexity index is 1320. The van der Waals surface area contributed by atoms with Gasteiger partial charge in [0.2, 0.25) is 0 Å². The van der Waals surface area contributed by atoms with Crippen molar-refractivity contribution in [2.45, 2.75) is 6.54 Å². The van der Waals surface area contributed by atoms with Gasteiger partial charge in [-0.25, -0.2) is 4.98 Å². The number of furan rings is 1. The topological polar surface area (TPSA) is 98.7 Å². The number of rotatable bonds is 6. The molecule has 31 heavy (non-hydrogen) atoms. The number of carbonyl (C=O) groups excluding carboxylic acids is 1. The average Bonchev–Trinajstić information content (AvgIpc) is 3.56. The zero-order valence-electron chi connectivity index (χ0n) is 16.2. The highest BCUT2D eigenvalue weighted by atomic mass is 32.1. The molecule has 0 saturated heterocycles. The Morgan fingerprint density at radius 1 is 1.06 bits per heavy atom. The fraction of sp³-hybridized carbons (Fsp3) is 0.0455. The molecular weight excluding hydrogens is 412 g/mol. The highest BCUT2D eigenvalue weighted by Crippen LogP contribution is 2.23. The molecule has 152 valence electrons. The van der Waals surface area contributed by atoms with E-state index in [1.54, 1.807) is 35.8 Å². The molecule has 5 rings (SSSR count). The molecule has 0 aliphatic heterocycles.